The van der Waals surface area contributed by atoms with E-state index in [9.17, 15) is 5.11 Å². The van der Waals surface area contributed by atoms with Gasteiger partial charge in [-0.2, -0.15) is 5.10 Å². The van der Waals surface area contributed by atoms with Crippen molar-refractivity contribution in [2.75, 3.05) is 58.0 Å². The fraction of sp³-hybridized carbons (Fsp3) is 0.765. The van der Waals surface area contributed by atoms with Gasteiger partial charge in [0, 0.05) is 31.6 Å². The summed E-state index contributed by atoms with van der Waals surface area (Å²) in [5, 5.41) is 19.3. The predicted octanol–water partition coefficient (Wildman–Crippen LogP) is 0.252. The van der Waals surface area contributed by atoms with E-state index >= 15 is 0 Å². The van der Waals surface area contributed by atoms with Gasteiger partial charge in [0.25, 0.3) is 0 Å². The Bertz CT molecular complexity index is 549. The Labute approximate surface area is 142 Å². The van der Waals surface area contributed by atoms with E-state index in [0.717, 1.165) is 24.6 Å². The summed E-state index contributed by atoms with van der Waals surface area (Å²) in [6.07, 6.45) is 2.50. The summed E-state index contributed by atoms with van der Waals surface area (Å²) < 4.78 is 10.9. The zero-order valence-corrected chi connectivity index (χ0v) is 14.2. The van der Waals surface area contributed by atoms with Gasteiger partial charge >= 0.3 is 0 Å². The summed E-state index contributed by atoms with van der Waals surface area (Å²) in [6, 6.07) is 4.60. The molecule has 3 fully saturated rings. The van der Waals surface area contributed by atoms with Gasteiger partial charge in [-0.25, -0.2) is 0 Å². The zero-order valence-electron chi connectivity index (χ0n) is 14.2. The minimum Gasteiger partial charge on any atom is -0.384 e. The van der Waals surface area contributed by atoms with Crippen LogP contribution < -0.4 is 4.90 Å². The summed E-state index contributed by atoms with van der Waals surface area (Å²) in [7, 11) is 2.05. The molecule has 1 aromatic heterocycles. The maximum absolute atomic E-state index is 10.6. The third-order valence-electron chi connectivity index (χ3n) is 5.13. The Balaban J connectivity index is 1.28. The van der Waals surface area contributed by atoms with E-state index in [1.165, 1.54) is 12.8 Å². The lowest BCUT2D eigenvalue weighted by Gasteiger charge is -2.46. The van der Waals surface area contributed by atoms with Gasteiger partial charge in [-0.15, -0.1) is 5.10 Å². The number of likely N-dealkylation sites (N-methyl/N-ethyl adjacent to an activating group) is 1. The van der Waals surface area contributed by atoms with Gasteiger partial charge in [-0.05, 0) is 32.0 Å². The molecule has 24 heavy (non-hydrogen) atoms. The van der Waals surface area contributed by atoms with E-state index < -0.39 is 5.60 Å². The molecule has 1 N–H and O–H groups in total. The highest BCUT2D eigenvalue weighted by atomic mass is 16.6. The normalized spacial score (nSPS) is 24.7. The van der Waals surface area contributed by atoms with Crippen LogP contribution in [0.15, 0.2) is 12.1 Å². The van der Waals surface area contributed by atoms with Crippen molar-refractivity contribution in [1.29, 1.82) is 0 Å². The quantitative estimate of drug-likeness (QED) is 0.828. The molecule has 0 aromatic carbocycles. The number of anilines is 1. The van der Waals surface area contributed by atoms with Crippen LogP contribution in [-0.2, 0) is 9.47 Å². The Morgan fingerprint density at radius 1 is 1.21 bits per heavy atom. The highest BCUT2D eigenvalue weighted by molar-refractivity contribution is 5.42. The third-order valence-corrected chi connectivity index (χ3v) is 5.13. The molecule has 1 aliphatic carbocycles. The first kappa shape index (κ1) is 16.2. The minimum absolute atomic E-state index is 0.335. The van der Waals surface area contributed by atoms with Crippen molar-refractivity contribution in [3.63, 3.8) is 0 Å². The Hall–Kier alpha value is -1.28. The first-order valence-electron chi connectivity index (χ1n) is 8.80. The SMILES string of the molecule is CN(CC1(O)COCCOC1)C1CN(c2ccc(C3CC3)nn2)C1. The molecule has 0 radical (unpaired) electrons. The van der Waals surface area contributed by atoms with Gasteiger partial charge in [-0.1, -0.05) is 0 Å². The van der Waals surface area contributed by atoms with Crippen LogP contribution in [0.25, 0.3) is 0 Å². The van der Waals surface area contributed by atoms with Crippen molar-refractivity contribution < 1.29 is 14.6 Å². The van der Waals surface area contributed by atoms with Crippen molar-refractivity contribution in [3.8, 4) is 0 Å². The van der Waals surface area contributed by atoms with Gasteiger partial charge in [0.1, 0.15) is 5.60 Å². The van der Waals surface area contributed by atoms with Crippen LogP contribution in [-0.4, -0.2) is 85.0 Å². The van der Waals surface area contributed by atoms with Crippen molar-refractivity contribution in [1.82, 2.24) is 15.1 Å². The fourth-order valence-electron chi connectivity index (χ4n) is 3.39. The Morgan fingerprint density at radius 2 is 1.92 bits per heavy atom. The summed E-state index contributed by atoms with van der Waals surface area (Å²) >= 11 is 0. The molecule has 1 saturated carbocycles. The number of aliphatic hydroxyl groups is 1. The minimum atomic E-state index is -0.919. The van der Waals surface area contributed by atoms with E-state index in [1.54, 1.807) is 0 Å². The molecule has 0 atom stereocenters. The van der Waals surface area contributed by atoms with Crippen LogP contribution in [0.5, 0.6) is 0 Å². The Morgan fingerprint density at radius 3 is 2.50 bits per heavy atom. The fourth-order valence-corrected chi connectivity index (χ4v) is 3.39. The summed E-state index contributed by atoms with van der Waals surface area (Å²) in [6.45, 7) is 4.15. The van der Waals surface area contributed by atoms with Crippen molar-refractivity contribution >= 4 is 5.82 Å². The number of hydrogen-bond donors (Lipinski definition) is 1. The average Bonchev–Trinajstić information content (AvgIpc) is 3.34. The first-order chi connectivity index (χ1) is 11.6. The van der Waals surface area contributed by atoms with Crippen LogP contribution in [0.2, 0.25) is 0 Å². The molecule has 3 aliphatic rings. The maximum atomic E-state index is 10.6. The number of nitrogens with zero attached hydrogens (tertiary/aromatic N) is 4. The second-order valence-corrected chi connectivity index (χ2v) is 7.39. The lowest BCUT2D eigenvalue weighted by molar-refractivity contribution is -0.0773. The standard InChI is InChI=1S/C17H26N4O3/c1-20(10-17(22)11-23-6-7-24-12-17)14-8-21(9-14)16-5-4-15(18-19-16)13-2-3-13/h4-5,13-14,22H,2-3,6-12H2,1H3. The van der Waals surface area contributed by atoms with Gasteiger partial charge in [0.05, 0.1) is 32.1 Å². The molecule has 1 aromatic rings. The lowest BCUT2D eigenvalue weighted by Crippen LogP contribution is -2.62. The first-order valence-corrected chi connectivity index (χ1v) is 8.80. The highest BCUT2D eigenvalue weighted by Crippen LogP contribution is 2.38. The largest absolute Gasteiger partial charge is 0.384 e. The van der Waals surface area contributed by atoms with Crippen molar-refractivity contribution in [2.24, 2.45) is 0 Å². The third kappa shape index (κ3) is 3.54. The second-order valence-electron chi connectivity index (χ2n) is 7.39. The number of ether oxygens (including phenoxy) is 2. The number of hydrogen-bond acceptors (Lipinski definition) is 7. The molecule has 4 rings (SSSR count). The van der Waals surface area contributed by atoms with E-state index in [-0.39, 0.29) is 0 Å². The smallest absolute Gasteiger partial charge is 0.151 e. The average molecular weight is 334 g/mol. The van der Waals surface area contributed by atoms with Crippen molar-refractivity contribution in [2.45, 2.75) is 30.4 Å². The molecular weight excluding hydrogens is 308 g/mol. The zero-order chi connectivity index (χ0) is 16.6. The number of rotatable bonds is 5. The van der Waals surface area contributed by atoms with Gasteiger partial charge in [0.15, 0.2) is 5.82 Å². The highest BCUT2D eigenvalue weighted by Gasteiger charge is 2.37. The number of aromatic nitrogens is 2. The van der Waals surface area contributed by atoms with Crippen LogP contribution >= 0.6 is 0 Å². The molecule has 7 nitrogen and oxygen atoms in total. The summed E-state index contributed by atoms with van der Waals surface area (Å²) in [5.41, 5.74) is 0.209. The van der Waals surface area contributed by atoms with E-state index in [2.05, 4.69) is 32.1 Å². The Kier molecular flexibility index (Phi) is 4.42. The summed E-state index contributed by atoms with van der Waals surface area (Å²) in [4.78, 5) is 4.43. The van der Waals surface area contributed by atoms with Crippen LogP contribution in [0.4, 0.5) is 5.82 Å². The summed E-state index contributed by atoms with van der Waals surface area (Å²) in [5.74, 6) is 1.59. The monoisotopic (exact) mass is 334 g/mol. The second kappa shape index (κ2) is 6.55. The molecule has 3 heterocycles. The maximum Gasteiger partial charge on any atom is 0.151 e. The molecule has 7 heteroatoms. The van der Waals surface area contributed by atoms with Crippen LogP contribution in [0, 0.1) is 0 Å². The molecular formula is C17H26N4O3. The van der Waals surface area contributed by atoms with E-state index in [4.69, 9.17) is 9.47 Å². The molecule has 132 valence electrons. The topological polar surface area (TPSA) is 71.0 Å². The van der Waals surface area contributed by atoms with E-state index in [1.807, 2.05) is 7.05 Å². The van der Waals surface area contributed by atoms with Crippen LogP contribution in [0.3, 0.4) is 0 Å². The molecule has 0 unspecified atom stereocenters. The molecule has 0 amide bonds. The van der Waals surface area contributed by atoms with Crippen molar-refractivity contribution in [3.05, 3.63) is 17.8 Å². The molecule has 2 aliphatic heterocycles. The van der Waals surface area contributed by atoms with E-state index in [0.29, 0.717) is 44.9 Å². The molecule has 0 spiro atoms. The lowest BCUT2D eigenvalue weighted by atomic mass is 10.0. The van der Waals surface area contributed by atoms with Gasteiger partial charge in [0.2, 0.25) is 0 Å². The predicted molar refractivity (Wildman–Crippen MR) is 89.2 cm³/mol. The van der Waals surface area contributed by atoms with Crippen LogP contribution in [0.1, 0.15) is 24.5 Å². The van der Waals surface area contributed by atoms with Gasteiger partial charge in [-0.3, -0.25) is 4.90 Å². The van der Waals surface area contributed by atoms with Gasteiger partial charge < -0.3 is 19.5 Å². The molecule has 0 bridgehead atoms. The molecule has 2 saturated heterocycles.